The Morgan fingerprint density at radius 3 is 2.19 bits per heavy atom. The minimum Gasteiger partial charge on any atom is -0.336 e. The highest BCUT2D eigenvalue weighted by Gasteiger charge is 2.24. The average Bonchev–Trinajstić information content (AvgIpc) is 2.70. The maximum absolute atomic E-state index is 12.3. The highest BCUT2D eigenvalue weighted by molar-refractivity contribution is 5.89. The van der Waals surface area contributed by atoms with Crippen LogP contribution in [0.25, 0.3) is 0 Å². The fraction of sp³-hybridized carbons (Fsp3) is 0.381. The fourth-order valence-electron chi connectivity index (χ4n) is 3.41. The second-order valence-corrected chi connectivity index (χ2v) is 6.60. The van der Waals surface area contributed by atoms with Gasteiger partial charge in [0.2, 0.25) is 0 Å². The van der Waals surface area contributed by atoms with Crippen LogP contribution in [0.4, 0.5) is 10.5 Å². The van der Waals surface area contributed by atoms with Gasteiger partial charge < -0.3 is 15.5 Å². The van der Waals surface area contributed by atoms with Crippen LogP contribution in [0, 0.1) is 0 Å². The summed E-state index contributed by atoms with van der Waals surface area (Å²) in [7, 11) is 0. The van der Waals surface area contributed by atoms with E-state index in [0.717, 1.165) is 38.4 Å². The summed E-state index contributed by atoms with van der Waals surface area (Å²) in [4.78, 5) is 17.2. The minimum atomic E-state index is -0.163. The van der Waals surface area contributed by atoms with Crippen molar-refractivity contribution in [2.24, 2.45) is 0 Å². The molecular weight excluding hydrogens is 324 g/mol. The molecule has 1 aliphatic heterocycles. The van der Waals surface area contributed by atoms with Crippen LogP contribution in [0.1, 0.15) is 18.5 Å². The minimum absolute atomic E-state index is 0.163. The summed E-state index contributed by atoms with van der Waals surface area (Å²) in [5.41, 5.74) is 2.05. The molecule has 2 N–H and O–H groups in total. The number of amides is 2. The van der Waals surface area contributed by atoms with E-state index in [0.29, 0.717) is 6.54 Å². The quantitative estimate of drug-likeness (QED) is 0.839. The summed E-state index contributed by atoms with van der Waals surface area (Å²) in [5.74, 6) is 0. The molecule has 1 atom stereocenters. The van der Waals surface area contributed by atoms with Gasteiger partial charge in [-0.15, -0.1) is 0 Å². The van der Waals surface area contributed by atoms with E-state index < -0.39 is 0 Å². The summed E-state index contributed by atoms with van der Waals surface area (Å²) in [6, 6.07) is 20.0. The lowest BCUT2D eigenvalue weighted by atomic mass is 10.0. The van der Waals surface area contributed by atoms with Gasteiger partial charge in [-0.1, -0.05) is 55.5 Å². The molecule has 0 spiro atoms. The third kappa shape index (κ3) is 5.07. The van der Waals surface area contributed by atoms with Crippen molar-refractivity contribution >= 4 is 11.7 Å². The first-order valence-electron chi connectivity index (χ1n) is 9.37. The van der Waals surface area contributed by atoms with Crippen LogP contribution >= 0.6 is 0 Å². The number of benzene rings is 2. The molecule has 1 fully saturated rings. The lowest BCUT2D eigenvalue weighted by Crippen LogP contribution is -2.49. The van der Waals surface area contributed by atoms with E-state index in [1.54, 1.807) is 0 Å². The molecule has 0 saturated carbocycles. The van der Waals surface area contributed by atoms with E-state index in [9.17, 15) is 4.79 Å². The number of para-hydroxylation sites is 1. The SMILES string of the molecule is CCN1CCN(C(CNC(=O)Nc2ccccc2)c2ccccc2)CC1. The Hall–Kier alpha value is -2.37. The number of hydrogen-bond acceptors (Lipinski definition) is 3. The number of carbonyl (C=O) groups excluding carboxylic acids is 1. The molecule has 1 heterocycles. The van der Waals surface area contributed by atoms with Crippen molar-refractivity contribution in [1.29, 1.82) is 0 Å². The van der Waals surface area contributed by atoms with Crippen LogP contribution in [0.3, 0.4) is 0 Å². The predicted molar refractivity (Wildman–Crippen MR) is 106 cm³/mol. The standard InChI is InChI=1S/C21H28N4O/c1-2-24-13-15-25(16-14-24)20(18-9-5-3-6-10-18)17-22-21(26)23-19-11-7-4-8-12-19/h3-12,20H,2,13-17H2,1H3,(H2,22,23,26). The summed E-state index contributed by atoms with van der Waals surface area (Å²) >= 11 is 0. The first-order chi connectivity index (χ1) is 12.8. The second-order valence-electron chi connectivity index (χ2n) is 6.60. The molecule has 0 aliphatic carbocycles. The molecule has 2 amide bonds. The van der Waals surface area contributed by atoms with Crippen LogP contribution in [0.2, 0.25) is 0 Å². The van der Waals surface area contributed by atoms with E-state index in [1.165, 1.54) is 5.56 Å². The summed E-state index contributed by atoms with van der Waals surface area (Å²) in [5, 5.41) is 5.94. The number of rotatable bonds is 6. The van der Waals surface area contributed by atoms with Crippen molar-refractivity contribution < 1.29 is 4.79 Å². The normalized spacial score (nSPS) is 16.8. The number of anilines is 1. The van der Waals surface area contributed by atoms with Crippen LogP contribution in [0.15, 0.2) is 60.7 Å². The molecule has 0 aromatic heterocycles. The average molecular weight is 352 g/mol. The second kappa shape index (κ2) is 9.36. The van der Waals surface area contributed by atoms with Gasteiger partial charge in [-0.05, 0) is 24.2 Å². The van der Waals surface area contributed by atoms with Gasteiger partial charge in [-0.25, -0.2) is 4.79 Å². The Kier molecular flexibility index (Phi) is 6.63. The molecule has 26 heavy (non-hydrogen) atoms. The van der Waals surface area contributed by atoms with E-state index in [2.05, 4.69) is 51.6 Å². The Balaban J connectivity index is 1.62. The molecule has 138 valence electrons. The van der Waals surface area contributed by atoms with Gasteiger partial charge in [-0.2, -0.15) is 0 Å². The molecule has 1 unspecified atom stereocenters. The van der Waals surface area contributed by atoms with Gasteiger partial charge in [0.25, 0.3) is 0 Å². The molecule has 3 rings (SSSR count). The number of likely N-dealkylation sites (N-methyl/N-ethyl adjacent to an activating group) is 1. The van der Waals surface area contributed by atoms with Crippen LogP contribution in [-0.2, 0) is 0 Å². The number of nitrogens with zero attached hydrogens (tertiary/aromatic N) is 2. The number of carbonyl (C=O) groups is 1. The van der Waals surface area contributed by atoms with Crippen molar-refractivity contribution in [3.05, 3.63) is 66.2 Å². The number of nitrogens with one attached hydrogen (secondary N) is 2. The lowest BCUT2D eigenvalue weighted by Gasteiger charge is -2.39. The van der Waals surface area contributed by atoms with Gasteiger partial charge in [0.15, 0.2) is 0 Å². The molecule has 1 saturated heterocycles. The largest absolute Gasteiger partial charge is 0.336 e. The van der Waals surface area contributed by atoms with Gasteiger partial charge in [-0.3, -0.25) is 4.90 Å². The van der Waals surface area contributed by atoms with Crippen molar-refractivity contribution in [2.45, 2.75) is 13.0 Å². The van der Waals surface area contributed by atoms with E-state index in [-0.39, 0.29) is 12.1 Å². The molecule has 2 aromatic rings. The smallest absolute Gasteiger partial charge is 0.319 e. The first kappa shape index (κ1) is 18.4. The molecule has 2 aromatic carbocycles. The topological polar surface area (TPSA) is 47.6 Å². The monoisotopic (exact) mass is 352 g/mol. The van der Waals surface area contributed by atoms with E-state index in [1.807, 2.05) is 36.4 Å². The summed E-state index contributed by atoms with van der Waals surface area (Å²) in [6.07, 6.45) is 0. The molecule has 0 radical (unpaired) electrons. The zero-order valence-corrected chi connectivity index (χ0v) is 15.4. The molecular formula is C21H28N4O. The highest BCUT2D eigenvalue weighted by atomic mass is 16.2. The maximum atomic E-state index is 12.3. The van der Waals surface area contributed by atoms with Crippen LogP contribution in [0.5, 0.6) is 0 Å². The first-order valence-corrected chi connectivity index (χ1v) is 9.37. The van der Waals surface area contributed by atoms with Crippen molar-refractivity contribution in [1.82, 2.24) is 15.1 Å². The molecule has 0 bridgehead atoms. The summed E-state index contributed by atoms with van der Waals surface area (Å²) < 4.78 is 0. The summed E-state index contributed by atoms with van der Waals surface area (Å²) in [6.45, 7) is 8.10. The zero-order chi connectivity index (χ0) is 18.2. The predicted octanol–water partition coefficient (Wildman–Crippen LogP) is 3.19. The number of urea groups is 1. The van der Waals surface area contributed by atoms with E-state index in [4.69, 9.17) is 0 Å². The highest BCUT2D eigenvalue weighted by Crippen LogP contribution is 2.21. The molecule has 5 nitrogen and oxygen atoms in total. The van der Waals surface area contributed by atoms with Crippen LogP contribution in [-0.4, -0.2) is 55.1 Å². The van der Waals surface area contributed by atoms with E-state index >= 15 is 0 Å². The maximum Gasteiger partial charge on any atom is 0.319 e. The number of piperazine rings is 1. The van der Waals surface area contributed by atoms with Crippen molar-refractivity contribution in [3.8, 4) is 0 Å². The lowest BCUT2D eigenvalue weighted by molar-refractivity contribution is 0.0992. The molecule has 1 aliphatic rings. The van der Waals surface area contributed by atoms with Crippen molar-refractivity contribution in [3.63, 3.8) is 0 Å². The Morgan fingerprint density at radius 1 is 0.962 bits per heavy atom. The van der Waals surface area contributed by atoms with Gasteiger partial charge in [0.05, 0.1) is 6.04 Å². The van der Waals surface area contributed by atoms with Gasteiger partial charge in [0.1, 0.15) is 0 Å². The van der Waals surface area contributed by atoms with Crippen molar-refractivity contribution in [2.75, 3.05) is 44.6 Å². The Morgan fingerprint density at radius 2 is 1.58 bits per heavy atom. The van der Waals surface area contributed by atoms with Gasteiger partial charge in [0, 0.05) is 38.4 Å². The fourth-order valence-corrected chi connectivity index (χ4v) is 3.41. The Labute approximate surface area is 156 Å². The third-order valence-corrected chi connectivity index (χ3v) is 4.97. The molecule has 5 heteroatoms. The van der Waals surface area contributed by atoms with Crippen LogP contribution < -0.4 is 10.6 Å². The third-order valence-electron chi connectivity index (χ3n) is 4.97. The number of hydrogen-bond donors (Lipinski definition) is 2. The van der Waals surface area contributed by atoms with Gasteiger partial charge >= 0.3 is 6.03 Å². The Bertz CT molecular complexity index is 669. The zero-order valence-electron chi connectivity index (χ0n) is 15.4.